The van der Waals surface area contributed by atoms with E-state index in [1.54, 1.807) is 0 Å². The largest absolute Gasteiger partial charge is 0.298 e. The Morgan fingerprint density at radius 2 is 1.92 bits per heavy atom. The molecule has 1 N–H and O–H groups in total. The minimum atomic E-state index is -0.158. The minimum Gasteiger partial charge on any atom is -0.298 e. The smallest absolute Gasteiger partial charge is 0.258 e. The van der Waals surface area contributed by atoms with Crippen molar-refractivity contribution in [3.05, 3.63) is 70.7 Å². The summed E-state index contributed by atoms with van der Waals surface area (Å²) in [5, 5.41) is 6.13. The van der Waals surface area contributed by atoms with Gasteiger partial charge in [-0.1, -0.05) is 59.3 Å². The number of benzene rings is 3. The Morgan fingerprint density at radius 1 is 1.12 bits per heavy atom. The number of anilines is 1. The van der Waals surface area contributed by atoms with Gasteiger partial charge in [-0.05, 0) is 41.5 Å². The number of fused-ring (bicyclic) bond motifs is 2. The molecule has 1 aromatic heterocycles. The highest BCUT2D eigenvalue weighted by Crippen LogP contribution is 2.31. The molecule has 3 nitrogen and oxygen atoms in total. The lowest BCUT2D eigenvalue weighted by Gasteiger charge is -2.05. The second-order valence-corrected chi connectivity index (χ2v) is 7.04. The first kappa shape index (κ1) is 15.1. The quantitative estimate of drug-likeness (QED) is 0.505. The van der Waals surface area contributed by atoms with Crippen molar-refractivity contribution in [1.82, 2.24) is 4.98 Å². The molecule has 0 aliphatic rings. The molecular weight excluding hydrogens is 340 g/mol. The molecule has 0 fully saturated rings. The van der Waals surface area contributed by atoms with Crippen molar-refractivity contribution in [2.24, 2.45) is 0 Å². The van der Waals surface area contributed by atoms with Crippen LogP contribution < -0.4 is 5.32 Å². The summed E-state index contributed by atoms with van der Waals surface area (Å²) < 4.78 is 0.966. The molecule has 0 unspecified atom stereocenters. The van der Waals surface area contributed by atoms with E-state index in [9.17, 15) is 4.79 Å². The first-order chi connectivity index (χ1) is 11.6. The van der Waals surface area contributed by atoms with Crippen molar-refractivity contribution in [3.63, 3.8) is 0 Å². The van der Waals surface area contributed by atoms with Gasteiger partial charge in [-0.3, -0.25) is 10.1 Å². The van der Waals surface area contributed by atoms with Crippen LogP contribution in [0.2, 0.25) is 5.02 Å². The van der Waals surface area contributed by atoms with E-state index < -0.39 is 0 Å². The number of hydrogen-bond acceptors (Lipinski definition) is 3. The molecule has 0 saturated carbocycles. The number of nitrogens with zero attached hydrogens (tertiary/aromatic N) is 1. The normalized spacial score (nSPS) is 11.1. The highest BCUT2D eigenvalue weighted by molar-refractivity contribution is 7.22. The van der Waals surface area contributed by atoms with Gasteiger partial charge >= 0.3 is 0 Å². The van der Waals surface area contributed by atoms with Gasteiger partial charge in [-0.2, -0.15) is 0 Å². The van der Waals surface area contributed by atoms with Crippen molar-refractivity contribution < 1.29 is 4.79 Å². The maximum absolute atomic E-state index is 12.7. The van der Waals surface area contributed by atoms with Crippen LogP contribution in [-0.2, 0) is 0 Å². The Kier molecular flexibility index (Phi) is 3.71. The molecule has 0 bridgehead atoms. The zero-order valence-corrected chi connectivity index (χ0v) is 14.4. The Morgan fingerprint density at radius 3 is 2.79 bits per heavy atom. The molecule has 4 aromatic rings. The van der Waals surface area contributed by atoms with E-state index in [1.807, 2.05) is 61.5 Å². The van der Waals surface area contributed by atoms with E-state index >= 15 is 0 Å². The van der Waals surface area contributed by atoms with Gasteiger partial charge in [0.25, 0.3) is 5.91 Å². The Balaban J connectivity index is 1.72. The molecule has 1 heterocycles. The van der Waals surface area contributed by atoms with Gasteiger partial charge in [0.15, 0.2) is 5.13 Å². The topological polar surface area (TPSA) is 42.0 Å². The number of carbonyl (C=O) groups is 1. The number of hydrogen-bond donors (Lipinski definition) is 1. The van der Waals surface area contributed by atoms with Crippen LogP contribution in [-0.4, -0.2) is 10.9 Å². The predicted octanol–water partition coefficient (Wildman–Crippen LogP) is 5.66. The van der Waals surface area contributed by atoms with Gasteiger partial charge in [-0.25, -0.2) is 4.98 Å². The van der Waals surface area contributed by atoms with Crippen LogP contribution in [0.5, 0.6) is 0 Å². The number of amides is 1. The minimum absolute atomic E-state index is 0.158. The number of aryl methyl sites for hydroxylation is 1. The second kappa shape index (κ2) is 5.89. The molecule has 4 rings (SSSR count). The molecule has 118 valence electrons. The summed E-state index contributed by atoms with van der Waals surface area (Å²) >= 11 is 7.52. The van der Waals surface area contributed by atoms with Crippen molar-refractivity contribution in [2.45, 2.75) is 6.92 Å². The predicted molar refractivity (Wildman–Crippen MR) is 101 cm³/mol. The van der Waals surface area contributed by atoms with E-state index in [4.69, 9.17) is 11.6 Å². The van der Waals surface area contributed by atoms with Gasteiger partial charge in [0.05, 0.1) is 10.2 Å². The van der Waals surface area contributed by atoms with E-state index in [0.29, 0.717) is 15.7 Å². The summed E-state index contributed by atoms with van der Waals surface area (Å²) in [6.07, 6.45) is 0. The van der Waals surface area contributed by atoms with Crippen LogP contribution in [0.1, 0.15) is 15.9 Å². The van der Waals surface area contributed by atoms with Gasteiger partial charge in [-0.15, -0.1) is 0 Å². The Hall–Kier alpha value is -2.43. The van der Waals surface area contributed by atoms with Crippen molar-refractivity contribution in [3.8, 4) is 0 Å². The van der Waals surface area contributed by atoms with Gasteiger partial charge in [0, 0.05) is 10.6 Å². The van der Waals surface area contributed by atoms with Gasteiger partial charge in [0.1, 0.15) is 0 Å². The summed E-state index contributed by atoms with van der Waals surface area (Å²) in [7, 11) is 0. The third kappa shape index (κ3) is 2.64. The number of thiazole rings is 1. The summed E-state index contributed by atoms with van der Waals surface area (Å²) in [4.78, 5) is 17.2. The lowest BCUT2D eigenvalue weighted by molar-refractivity contribution is 0.102. The number of nitrogens with one attached hydrogen (secondary N) is 1. The first-order valence-electron chi connectivity index (χ1n) is 7.47. The number of aromatic nitrogens is 1. The highest BCUT2D eigenvalue weighted by atomic mass is 35.5. The molecule has 0 radical (unpaired) electrons. The second-order valence-electron chi connectivity index (χ2n) is 5.57. The van der Waals surface area contributed by atoms with Gasteiger partial charge in [0.2, 0.25) is 0 Å². The molecule has 0 aliphatic heterocycles. The van der Waals surface area contributed by atoms with Crippen LogP contribution in [0.25, 0.3) is 21.0 Å². The molecule has 3 aromatic carbocycles. The maximum atomic E-state index is 12.7. The number of rotatable bonds is 2. The van der Waals surface area contributed by atoms with Crippen LogP contribution in [0.3, 0.4) is 0 Å². The fraction of sp³-hybridized carbons (Fsp3) is 0.0526. The summed E-state index contributed by atoms with van der Waals surface area (Å²) in [6.45, 7) is 1.96. The van der Waals surface area contributed by atoms with Crippen LogP contribution in [0, 0.1) is 6.92 Å². The van der Waals surface area contributed by atoms with E-state index in [2.05, 4.69) is 10.3 Å². The number of halogens is 1. The van der Waals surface area contributed by atoms with Crippen molar-refractivity contribution >= 4 is 55.0 Å². The fourth-order valence-corrected chi connectivity index (χ4v) is 4.11. The molecule has 0 atom stereocenters. The first-order valence-corrected chi connectivity index (χ1v) is 8.67. The summed E-state index contributed by atoms with van der Waals surface area (Å²) in [6, 6.07) is 17.3. The lowest BCUT2D eigenvalue weighted by atomic mass is 10.0. The number of carbonyl (C=O) groups excluding carboxylic acids is 1. The third-order valence-corrected chi connectivity index (χ3v) is 5.04. The van der Waals surface area contributed by atoms with E-state index in [1.165, 1.54) is 11.3 Å². The average molecular weight is 353 g/mol. The molecule has 1 amide bonds. The molecule has 5 heteroatoms. The van der Waals surface area contributed by atoms with E-state index in [-0.39, 0.29) is 5.91 Å². The third-order valence-electron chi connectivity index (χ3n) is 3.90. The zero-order chi connectivity index (χ0) is 16.7. The van der Waals surface area contributed by atoms with Crippen LogP contribution >= 0.6 is 22.9 Å². The lowest BCUT2D eigenvalue weighted by Crippen LogP contribution is -2.12. The average Bonchev–Trinajstić information content (AvgIpc) is 2.97. The van der Waals surface area contributed by atoms with Crippen molar-refractivity contribution in [1.29, 1.82) is 0 Å². The summed E-state index contributed by atoms with van der Waals surface area (Å²) in [5.74, 6) is -0.158. The maximum Gasteiger partial charge on any atom is 0.258 e. The van der Waals surface area contributed by atoms with Crippen LogP contribution in [0.4, 0.5) is 5.13 Å². The van der Waals surface area contributed by atoms with E-state index in [0.717, 1.165) is 26.6 Å². The SMILES string of the molecule is Cc1cc(Cl)cc2sc(NC(=O)c3cccc4ccccc34)nc12. The van der Waals surface area contributed by atoms with Gasteiger partial charge < -0.3 is 0 Å². The molecule has 0 saturated heterocycles. The highest BCUT2D eigenvalue weighted by Gasteiger charge is 2.13. The van der Waals surface area contributed by atoms with Crippen LogP contribution in [0.15, 0.2) is 54.6 Å². The molecule has 0 spiro atoms. The van der Waals surface area contributed by atoms with Crippen molar-refractivity contribution in [2.75, 3.05) is 5.32 Å². The standard InChI is InChI=1S/C19H13ClN2OS/c1-11-9-13(20)10-16-17(11)21-19(24-16)22-18(23)15-8-4-6-12-5-2-3-7-14(12)15/h2-10H,1H3,(H,21,22,23). The molecule has 0 aliphatic carbocycles. The Labute approximate surface area is 147 Å². The fourth-order valence-electron chi connectivity index (χ4n) is 2.80. The Bertz CT molecular complexity index is 1080. The molecule has 24 heavy (non-hydrogen) atoms. The zero-order valence-electron chi connectivity index (χ0n) is 12.8. The summed E-state index contributed by atoms with van der Waals surface area (Å²) in [5.41, 5.74) is 2.51. The molecular formula is C19H13ClN2OS. The monoisotopic (exact) mass is 352 g/mol.